The molecule has 0 saturated heterocycles. The second-order valence-electron chi connectivity index (χ2n) is 7.42. The van der Waals surface area contributed by atoms with Crippen LogP contribution in [-0.4, -0.2) is 21.8 Å². The zero-order chi connectivity index (χ0) is 20.8. The molecule has 0 spiro atoms. The van der Waals surface area contributed by atoms with Gasteiger partial charge < -0.3 is 17.6 Å². The molecule has 0 N–H and O–H groups in total. The Labute approximate surface area is 198 Å². The average Bonchev–Trinajstić information content (AvgIpc) is 3.40. The van der Waals surface area contributed by atoms with Crippen LogP contribution in [0.3, 0.4) is 0 Å². The van der Waals surface area contributed by atoms with E-state index in [1.807, 2.05) is 6.92 Å². The molecule has 0 bridgehead atoms. The summed E-state index contributed by atoms with van der Waals surface area (Å²) >= 11 is 0. The summed E-state index contributed by atoms with van der Waals surface area (Å²) in [5, 5.41) is 1.08. The first kappa shape index (κ1) is 28.2. The molecule has 2 aliphatic rings. The summed E-state index contributed by atoms with van der Waals surface area (Å²) in [6.45, 7) is 11.9. The van der Waals surface area contributed by atoms with E-state index in [1.54, 1.807) is 39.0 Å². The quantitative estimate of drug-likeness (QED) is 0.429. The summed E-state index contributed by atoms with van der Waals surface area (Å²) in [5.41, 5.74) is 6.39. The zero-order valence-electron chi connectivity index (χ0n) is 19.2. The van der Waals surface area contributed by atoms with Crippen LogP contribution in [-0.2, 0) is 52.1 Å². The van der Waals surface area contributed by atoms with Gasteiger partial charge >= 0.3 is 21.7 Å². The number of ether oxygens (including phenoxy) is 1. The minimum atomic E-state index is 0. The summed E-state index contributed by atoms with van der Waals surface area (Å²) in [4.78, 5) is 0. The number of rotatable bonds is 3. The monoisotopic (exact) mass is 444 g/mol. The first-order chi connectivity index (χ1) is 13.6. The fourth-order valence-electron chi connectivity index (χ4n) is 3.54. The topological polar surface area (TPSA) is 9.23 Å². The Balaban J connectivity index is 0.000000384. The summed E-state index contributed by atoms with van der Waals surface area (Å²) in [6.07, 6.45) is 10.9. The second kappa shape index (κ2) is 16.9. The number of hydrogen-bond acceptors (Lipinski definition) is 1. The van der Waals surface area contributed by atoms with E-state index in [9.17, 15) is 0 Å². The molecule has 2 aliphatic carbocycles. The molecule has 29 heavy (non-hydrogen) atoms. The van der Waals surface area contributed by atoms with Gasteiger partial charge in [-0.15, -0.1) is 0 Å². The second-order valence-corrected chi connectivity index (χ2v) is 8.07. The van der Waals surface area contributed by atoms with Crippen LogP contribution in [0.25, 0.3) is 0 Å². The Morgan fingerprint density at radius 2 is 1.34 bits per heavy atom. The maximum Gasteiger partial charge on any atom is 4.00 e. The molecule has 2 aromatic carbocycles. The van der Waals surface area contributed by atoms with E-state index in [1.165, 1.54) is 57.3 Å². The van der Waals surface area contributed by atoms with Crippen molar-refractivity contribution in [3.63, 3.8) is 0 Å². The van der Waals surface area contributed by atoms with E-state index in [0.29, 0.717) is 0 Å². The van der Waals surface area contributed by atoms with Gasteiger partial charge in [0.1, 0.15) is 0 Å². The zero-order valence-corrected chi connectivity index (χ0v) is 22.1. The summed E-state index contributed by atoms with van der Waals surface area (Å²) in [6, 6.07) is 13.4. The number of aryl methyl sites for hydroxylation is 4. The SMILES string of the molecule is CCOC(=[SiH2])[C-](C)C.[CH2-]C.[Ti+4].c1cc2c([cH-]1)CCCC2.c1cc2c([cH-]1)CCCC2. The molecule has 0 radical (unpaired) electrons. The third-order valence-corrected chi connectivity index (χ3v) is 6.09. The van der Waals surface area contributed by atoms with Gasteiger partial charge in [-0.1, -0.05) is 56.7 Å². The van der Waals surface area contributed by atoms with Crippen LogP contribution in [0.1, 0.15) is 75.6 Å². The predicted octanol–water partition coefficient (Wildman–Crippen LogP) is 5.81. The van der Waals surface area contributed by atoms with Crippen molar-refractivity contribution in [2.45, 2.75) is 79.1 Å². The van der Waals surface area contributed by atoms with Crippen molar-refractivity contribution in [2.75, 3.05) is 6.61 Å². The van der Waals surface area contributed by atoms with Crippen LogP contribution in [0.4, 0.5) is 0 Å². The van der Waals surface area contributed by atoms with Crippen LogP contribution < -0.4 is 0 Å². The van der Waals surface area contributed by atoms with Crippen molar-refractivity contribution >= 4 is 15.2 Å². The van der Waals surface area contributed by atoms with Gasteiger partial charge in [0.2, 0.25) is 0 Å². The molecule has 0 heterocycles. The van der Waals surface area contributed by atoms with Gasteiger partial charge in [0.05, 0.1) is 6.61 Å². The van der Waals surface area contributed by atoms with Gasteiger partial charge in [-0.3, -0.25) is 0 Å². The minimum Gasteiger partial charge on any atom is -0.534 e. The van der Waals surface area contributed by atoms with Gasteiger partial charge in [0, 0.05) is 0 Å². The summed E-state index contributed by atoms with van der Waals surface area (Å²) < 4.78 is 5.20. The normalized spacial score (nSPS) is 13.3. The molecule has 0 aromatic heterocycles. The average molecular weight is 445 g/mol. The molecular formula is C26H40OSiTi. The van der Waals surface area contributed by atoms with Gasteiger partial charge in [0.15, 0.2) is 0 Å². The molecule has 2 aromatic rings. The van der Waals surface area contributed by atoms with Crippen LogP contribution in [0.15, 0.2) is 36.4 Å². The van der Waals surface area contributed by atoms with Crippen molar-refractivity contribution in [1.82, 2.24) is 0 Å². The fraction of sp³-hybridized carbons (Fsp3) is 0.500. The third kappa shape index (κ3) is 10.7. The molecule has 0 amide bonds. The third-order valence-electron chi connectivity index (χ3n) is 5.18. The van der Waals surface area contributed by atoms with E-state index >= 15 is 0 Å². The van der Waals surface area contributed by atoms with E-state index in [-0.39, 0.29) is 21.7 Å². The molecular weight excluding hydrogens is 404 g/mol. The molecule has 1 nitrogen and oxygen atoms in total. The maximum atomic E-state index is 5.20. The first-order valence-corrected chi connectivity index (χ1v) is 11.6. The summed E-state index contributed by atoms with van der Waals surface area (Å²) in [7, 11) is 1.80. The van der Waals surface area contributed by atoms with E-state index < -0.39 is 0 Å². The Morgan fingerprint density at radius 3 is 1.66 bits per heavy atom. The van der Waals surface area contributed by atoms with E-state index in [4.69, 9.17) is 4.74 Å². The van der Waals surface area contributed by atoms with E-state index in [0.717, 1.165) is 12.0 Å². The molecule has 0 saturated carbocycles. The molecule has 3 heteroatoms. The molecule has 158 valence electrons. The van der Waals surface area contributed by atoms with Crippen LogP contribution in [0.5, 0.6) is 0 Å². The minimum absolute atomic E-state index is 0. The smallest absolute Gasteiger partial charge is 0.534 e. The standard InChI is InChI=1S/2C9H11.C6H13OSi.C2H5.Ti/c2*1-2-5-9-7-3-6-8(9)4-1;1-4-7-6(8)5(2)3;1-2;/h2*3,6-7H,1-2,4-5H2;4,8H2,1-3H3;1H2,2H3;/q4*-1;+4. The Morgan fingerprint density at radius 1 is 0.931 bits per heavy atom. The maximum absolute atomic E-state index is 5.20. The molecule has 0 aliphatic heterocycles. The van der Waals surface area contributed by atoms with E-state index in [2.05, 4.69) is 57.2 Å². The van der Waals surface area contributed by atoms with Crippen LogP contribution in [0.2, 0.25) is 0 Å². The number of fused-ring (bicyclic) bond motifs is 2. The molecule has 0 atom stereocenters. The predicted molar refractivity (Wildman–Crippen MR) is 128 cm³/mol. The molecule has 0 fully saturated rings. The number of hydrogen-bond donors (Lipinski definition) is 0. The van der Waals surface area contributed by atoms with Gasteiger partial charge in [-0.2, -0.15) is 67.3 Å². The molecule has 4 rings (SSSR count). The Hall–Kier alpha value is -0.829. The van der Waals surface area contributed by atoms with Crippen LogP contribution in [0, 0.1) is 12.8 Å². The summed E-state index contributed by atoms with van der Waals surface area (Å²) in [5.74, 6) is 1.27. The van der Waals surface area contributed by atoms with Gasteiger partial charge in [-0.25, -0.2) is 12.1 Å². The van der Waals surface area contributed by atoms with Gasteiger partial charge in [-0.05, 0) is 16.8 Å². The van der Waals surface area contributed by atoms with Crippen molar-refractivity contribution in [2.24, 2.45) is 0 Å². The van der Waals surface area contributed by atoms with Gasteiger partial charge in [0.25, 0.3) is 0 Å². The van der Waals surface area contributed by atoms with Crippen molar-refractivity contribution < 1.29 is 26.5 Å². The van der Waals surface area contributed by atoms with Crippen molar-refractivity contribution in [1.29, 1.82) is 0 Å². The van der Waals surface area contributed by atoms with Crippen LogP contribution >= 0.6 is 0 Å². The fourth-order valence-corrected chi connectivity index (χ4v) is 3.75. The first-order valence-electron chi connectivity index (χ1n) is 10.9. The molecule has 0 unspecified atom stereocenters. The Kier molecular flexibility index (Phi) is 16.4. The largest absolute Gasteiger partial charge is 4.00 e. The van der Waals surface area contributed by atoms with Crippen molar-refractivity contribution in [3.05, 3.63) is 71.5 Å². The Bertz CT molecular complexity index is 566. The van der Waals surface area contributed by atoms with Crippen molar-refractivity contribution in [3.8, 4) is 0 Å².